The van der Waals surface area contributed by atoms with Gasteiger partial charge in [-0.2, -0.15) is 0 Å². The maximum absolute atomic E-state index is 5.50. The van der Waals surface area contributed by atoms with Crippen LogP contribution in [0.4, 0.5) is 5.82 Å². The van der Waals surface area contributed by atoms with E-state index in [1.54, 1.807) is 18.2 Å². The molecule has 0 aliphatic heterocycles. The highest BCUT2D eigenvalue weighted by Crippen LogP contribution is 2.50. The molecule has 3 unspecified atom stereocenters. The lowest BCUT2D eigenvalue weighted by atomic mass is 9.60. The van der Waals surface area contributed by atoms with Crippen LogP contribution in [0.1, 0.15) is 29.9 Å². The zero-order valence-electron chi connectivity index (χ0n) is 14.4. The first-order valence-corrected chi connectivity index (χ1v) is 9.11. The molecule has 1 fully saturated rings. The van der Waals surface area contributed by atoms with E-state index in [9.17, 15) is 0 Å². The molecule has 3 nitrogen and oxygen atoms in total. The van der Waals surface area contributed by atoms with Crippen molar-refractivity contribution < 1.29 is 4.74 Å². The van der Waals surface area contributed by atoms with E-state index in [2.05, 4.69) is 40.6 Å². The van der Waals surface area contributed by atoms with Crippen LogP contribution < -0.4 is 10.1 Å². The predicted octanol–water partition coefficient (Wildman–Crippen LogP) is 4.77. The zero-order valence-corrected chi connectivity index (χ0v) is 14.4. The number of methoxy groups -OCH3 is 1. The molecule has 25 heavy (non-hydrogen) atoms. The minimum atomic E-state index is 0.516. The van der Waals surface area contributed by atoms with E-state index in [1.165, 1.54) is 19.3 Å². The second kappa shape index (κ2) is 5.76. The molecule has 3 heteroatoms. The normalized spacial score (nSPS) is 24.1. The van der Waals surface area contributed by atoms with Crippen LogP contribution >= 0.6 is 0 Å². The van der Waals surface area contributed by atoms with Gasteiger partial charge in [0.2, 0.25) is 0 Å². The first kappa shape index (κ1) is 14.8. The summed E-state index contributed by atoms with van der Waals surface area (Å²) in [5.41, 5.74) is 3.12. The van der Waals surface area contributed by atoms with E-state index in [1.807, 2.05) is 24.4 Å². The van der Waals surface area contributed by atoms with E-state index in [-0.39, 0.29) is 0 Å². The number of nitrogens with zero attached hydrogens (tertiary/aromatic N) is 1. The molecule has 0 bridgehead atoms. The number of aryl methyl sites for hydroxylation is 1. The zero-order chi connectivity index (χ0) is 16.8. The van der Waals surface area contributed by atoms with Crippen molar-refractivity contribution in [3.63, 3.8) is 0 Å². The van der Waals surface area contributed by atoms with Gasteiger partial charge >= 0.3 is 0 Å². The van der Waals surface area contributed by atoms with Crippen molar-refractivity contribution in [3.05, 3.63) is 65.9 Å². The minimum absolute atomic E-state index is 0.516. The quantitative estimate of drug-likeness (QED) is 0.751. The SMILES string of the molecule is COc1cccc2c(NC3CC4c5ccccc5CCC34)nccc12. The fourth-order valence-corrected chi connectivity index (χ4v) is 4.73. The highest BCUT2D eigenvalue weighted by atomic mass is 16.5. The number of hydrogen-bond acceptors (Lipinski definition) is 3. The molecule has 1 N–H and O–H groups in total. The standard InChI is InChI=1S/C22H22N2O/c1-25-21-8-4-7-18-17(21)11-12-23-22(18)24-20-13-19-15-6-3-2-5-14(15)9-10-16(19)20/h2-8,11-12,16,19-20H,9-10,13H2,1H3,(H,23,24). The van der Waals surface area contributed by atoms with Crippen LogP contribution in [0.5, 0.6) is 5.75 Å². The fourth-order valence-electron chi connectivity index (χ4n) is 4.73. The molecule has 126 valence electrons. The number of benzene rings is 2. The highest BCUT2D eigenvalue weighted by molar-refractivity contribution is 5.95. The lowest BCUT2D eigenvalue weighted by molar-refractivity contribution is 0.194. The van der Waals surface area contributed by atoms with Crippen LogP contribution in [0, 0.1) is 5.92 Å². The van der Waals surface area contributed by atoms with Crippen molar-refractivity contribution in [2.75, 3.05) is 12.4 Å². The van der Waals surface area contributed by atoms with Gasteiger partial charge in [-0.3, -0.25) is 0 Å². The lowest BCUT2D eigenvalue weighted by Gasteiger charge is -2.49. The average molecular weight is 330 g/mol. The monoisotopic (exact) mass is 330 g/mol. The Hall–Kier alpha value is -2.55. The molecule has 2 aliphatic carbocycles. The van der Waals surface area contributed by atoms with Gasteiger partial charge in [0, 0.05) is 23.0 Å². The van der Waals surface area contributed by atoms with Crippen molar-refractivity contribution in [2.45, 2.75) is 31.2 Å². The maximum Gasteiger partial charge on any atom is 0.134 e. The molecule has 3 atom stereocenters. The third-order valence-corrected chi connectivity index (χ3v) is 6.05. The van der Waals surface area contributed by atoms with Gasteiger partial charge in [0.05, 0.1) is 7.11 Å². The number of anilines is 1. The molecule has 0 saturated heterocycles. The van der Waals surface area contributed by atoms with Gasteiger partial charge in [0.1, 0.15) is 11.6 Å². The molecule has 2 aliphatic rings. The summed E-state index contributed by atoms with van der Waals surface area (Å²) in [5, 5.41) is 5.99. The van der Waals surface area contributed by atoms with Gasteiger partial charge in [-0.05, 0) is 54.4 Å². The van der Waals surface area contributed by atoms with Gasteiger partial charge < -0.3 is 10.1 Å². The Labute approximate surface area is 148 Å². The van der Waals surface area contributed by atoms with Crippen LogP contribution in [-0.4, -0.2) is 18.1 Å². The molecule has 0 amide bonds. The first-order valence-electron chi connectivity index (χ1n) is 9.11. The van der Waals surface area contributed by atoms with Crippen LogP contribution in [0.25, 0.3) is 10.8 Å². The summed E-state index contributed by atoms with van der Waals surface area (Å²) in [7, 11) is 1.72. The van der Waals surface area contributed by atoms with E-state index in [0.29, 0.717) is 12.0 Å². The summed E-state index contributed by atoms with van der Waals surface area (Å²) in [6.07, 6.45) is 5.54. The number of aromatic nitrogens is 1. The number of pyridine rings is 1. The van der Waals surface area contributed by atoms with Crippen molar-refractivity contribution in [2.24, 2.45) is 5.92 Å². The third-order valence-electron chi connectivity index (χ3n) is 6.05. The molecular formula is C22H22N2O. The molecule has 3 aromatic rings. The Morgan fingerprint density at radius 2 is 1.96 bits per heavy atom. The first-order chi connectivity index (χ1) is 12.3. The Morgan fingerprint density at radius 1 is 1.04 bits per heavy atom. The van der Waals surface area contributed by atoms with Crippen LogP contribution in [-0.2, 0) is 6.42 Å². The van der Waals surface area contributed by atoms with Crippen LogP contribution in [0.15, 0.2) is 54.7 Å². The molecule has 2 aromatic carbocycles. The van der Waals surface area contributed by atoms with Gasteiger partial charge in [-0.15, -0.1) is 0 Å². The van der Waals surface area contributed by atoms with Crippen LogP contribution in [0.3, 0.4) is 0 Å². The second-order valence-corrected chi connectivity index (χ2v) is 7.21. The number of fused-ring (bicyclic) bond motifs is 4. The number of rotatable bonds is 3. The third kappa shape index (κ3) is 2.30. The highest BCUT2D eigenvalue weighted by Gasteiger charge is 2.44. The Kier molecular flexibility index (Phi) is 3.40. The smallest absolute Gasteiger partial charge is 0.134 e. The number of ether oxygens (including phenoxy) is 1. The van der Waals surface area contributed by atoms with E-state index in [4.69, 9.17) is 4.74 Å². The summed E-state index contributed by atoms with van der Waals surface area (Å²) in [6, 6.07) is 17.7. The van der Waals surface area contributed by atoms with Crippen molar-refractivity contribution in [3.8, 4) is 5.75 Å². The van der Waals surface area contributed by atoms with E-state index in [0.717, 1.165) is 28.3 Å². The summed E-state index contributed by atoms with van der Waals surface area (Å²) < 4.78 is 5.50. The topological polar surface area (TPSA) is 34.1 Å². The van der Waals surface area contributed by atoms with Gasteiger partial charge in [-0.25, -0.2) is 4.98 Å². The lowest BCUT2D eigenvalue weighted by Crippen LogP contribution is -2.47. The van der Waals surface area contributed by atoms with Gasteiger partial charge in [-0.1, -0.05) is 36.4 Å². The molecule has 5 rings (SSSR count). The molecule has 1 aromatic heterocycles. The maximum atomic E-state index is 5.50. The largest absolute Gasteiger partial charge is 0.496 e. The van der Waals surface area contributed by atoms with Crippen molar-refractivity contribution in [1.29, 1.82) is 0 Å². The molecular weight excluding hydrogens is 308 g/mol. The molecule has 1 saturated carbocycles. The average Bonchev–Trinajstić information content (AvgIpc) is 2.65. The van der Waals surface area contributed by atoms with E-state index < -0.39 is 0 Å². The predicted molar refractivity (Wildman–Crippen MR) is 101 cm³/mol. The fraction of sp³-hybridized carbons (Fsp3) is 0.318. The Morgan fingerprint density at radius 3 is 2.88 bits per heavy atom. The number of nitrogens with one attached hydrogen (secondary N) is 1. The van der Waals surface area contributed by atoms with Gasteiger partial charge in [0.25, 0.3) is 0 Å². The summed E-state index contributed by atoms with van der Waals surface area (Å²) in [5.74, 6) is 3.32. The number of hydrogen-bond donors (Lipinski definition) is 1. The van der Waals surface area contributed by atoms with Crippen LogP contribution in [0.2, 0.25) is 0 Å². The second-order valence-electron chi connectivity index (χ2n) is 7.21. The summed E-state index contributed by atoms with van der Waals surface area (Å²) in [4.78, 5) is 4.62. The Balaban J connectivity index is 1.42. The van der Waals surface area contributed by atoms with Gasteiger partial charge in [0.15, 0.2) is 0 Å². The summed E-state index contributed by atoms with van der Waals surface area (Å²) in [6.45, 7) is 0. The minimum Gasteiger partial charge on any atom is -0.496 e. The van der Waals surface area contributed by atoms with Crippen molar-refractivity contribution >= 4 is 16.6 Å². The van der Waals surface area contributed by atoms with E-state index >= 15 is 0 Å². The molecule has 0 radical (unpaired) electrons. The Bertz CT molecular complexity index is 936. The summed E-state index contributed by atoms with van der Waals surface area (Å²) >= 11 is 0. The molecule has 0 spiro atoms. The molecule has 1 heterocycles. The van der Waals surface area contributed by atoms with Crippen molar-refractivity contribution in [1.82, 2.24) is 4.98 Å².